The number of thioether (sulfide) groups is 1. The Labute approximate surface area is 232 Å². The van der Waals surface area contributed by atoms with Gasteiger partial charge in [0.25, 0.3) is 0 Å². The molecule has 212 valence electrons. The van der Waals surface area contributed by atoms with Crippen LogP contribution in [0.1, 0.15) is 17.5 Å². The highest BCUT2D eigenvalue weighted by Gasteiger charge is 2.26. The van der Waals surface area contributed by atoms with Gasteiger partial charge in [-0.1, -0.05) is 42.5 Å². The maximum absolute atomic E-state index is 13.0. The summed E-state index contributed by atoms with van der Waals surface area (Å²) in [5, 5.41) is 20.1. The summed E-state index contributed by atoms with van der Waals surface area (Å²) in [7, 11) is 0. The quantitative estimate of drug-likeness (QED) is 0.134. The number of benzene rings is 2. The number of hydrogen-bond donors (Lipinski definition) is 7. The summed E-state index contributed by atoms with van der Waals surface area (Å²) in [6, 6.07) is 13.8. The molecular formula is C27H38N6O5S. The number of nitrogens with one attached hydrogen (secondary N) is 4. The average Bonchev–Trinajstić information content (AvgIpc) is 2.91. The summed E-state index contributed by atoms with van der Waals surface area (Å²) in [4.78, 5) is 49.6. The van der Waals surface area contributed by atoms with Crippen molar-refractivity contribution in [2.24, 2.45) is 11.5 Å². The fourth-order valence-electron chi connectivity index (χ4n) is 3.72. The Balaban J connectivity index is 1.83. The molecule has 0 aromatic heterocycles. The highest BCUT2D eigenvalue weighted by molar-refractivity contribution is 7.98. The Hall–Kier alpha value is -3.61. The first kappa shape index (κ1) is 31.6. The highest BCUT2D eigenvalue weighted by Crippen LogP contribution is 2.10. The number of aromatic hydroxyl groups is 1. The van der Waals surface area contributed by atoms with Crippen LogP contribution >= 0.6 is 11.8 Å². The molecule has 1 unspecified atom stereocenters. The van der Waals surface area contributed by atoms with E-state index in [0.29, 0.717) is 25.1 Å². The third kappa shape index (κ3) is 12.7. The van der Waals surface area contributed by atoms with Crippen molar-refractivity contribution in [2.75, 3.05) is 31.6 Å². The van der Waals surface area contributed by atoms with Gasteiger partial charge in [0.15, 0.2) is 0 Å². The van der Waals surface area contributed by atoms with Crippen LogP contribution in [0.4, 0.5) is 0 Å². The van der Waals surface area contributed by atoms with Gasteiger partial charge in [-0.2, -0.15) is 11.8 Å². The zero-order chi connectivity index (χ0) is 28.6. The molecule has 0 saturated carbocycles. The average molecular weight is 559 g/mol. The van der Waals surface area contributed by atoms with Crippen molar-refractivity contribution in [2.45, 2.75) is 37.4 Å². The van der Waals surface area contributed by atoms with E-state index in [1.807, 2.05) is 36.6 Å². The summed E-state index contributed by atoms with van der Waals surface area (Å²) in [6.07, 6.45) is 3.01. The van der Waals surface area contributed by atoms with Crippen molar-refractivity contribution in [1.82, 2.24) is 21.3 Å². The minimum atomic E-state index is -0.969. The maximum atomic E-state index is 13.0. The molecule has 9 N–H and O–H groups in total. The first-order valence-electron chi connectivity index (χ1n) is 12.6. The number of rotatable bonds is 17. The number of amides is 4. The smallest absolute Gasteiger partial charge is 0.243 e. The summed E-state index contributed by atoms with van der Waals surface area (Å²) >= 11 is 1.52. The van der Waals surface area contributed by atoms with E-state index in [1.165, 1.54) is 11.8 Å². The molecule has 39 heavy (non-hydrogen) atoms. The minimum Gasteiger partial charge on any atom is -0.508 e. The Morgan fingerprint density at radius 3 is 2.18 bits per heavy atom. The molecule has 3 atom stereocenters. The molecule has 0 fully saturated rings. The Morgan fingerprint density at radius 2 is 1.54 bits per heavy atom. The van der Waals surface area contributed by atoms with Crippen molar-refractivity contribution in [3.8, 4) is 5.75 Å². The maximum Gasteiger partial charge on any atom is 0.243 e. The number of carbonyl (C=O) groups excluding carboxylic acids is 4. The molecule has 0 saturated heterocycles. The highest BCUT2D eigenvalue weighted by atomic mass is 32.2. The molecule has 2 aromatic rings. The molecule has 0 bridgehead atoms. The van der Waals surface area contributed by atoms with E-state index >= 15 is 0 Å². The fourth-order valence-corrected chi connectivity index (χ4v) is 4.19. The third-order valence-electron chi connectivity index (χ3n) is 5.78. The van der Waals surface area contributed by atoms with Gasteiger partial charge in [0.1, 0.15) is 17.8 Å². The molecule has 0 aliphatic heterocycles. The largest absolute Gasteiger partial charge is 0.508 e. The van der Waals surface area contributed by atoms with Crippen molar-refractivity contribution in [3.05, 3.63) is 65.7 Å². The number of phenolic OH excluding ortho intramolecular Hbond substituents is 1. The lowest BCUT2D eigenvalue weighted by molar-refractivity contribution is -0.131. The number of primary amides is 1. The summed E-state index contributed by atoms with van der Waals surface area (Å²) in [5.74, 6) is -1.33. The van der Waals surface area contributed by atoms with Crippen LogP contribution in [0.5, 0.6) is 5.75 Å². The van der Waals surface area contributed by atoms with Crippen LogP contribution < -0.4 is 32.7 Å². The first-order chi connectivity index (χ1) is 18.7. The second kappa shape index (κ2) is 17.1. The van der Waals surface area contributed by atoms with Gasteiger partial charge in [-0.25, -0.2) is 0 Å². The van der Waals surface area contributed by atoms with Crippen LogP contribution in [0.15, 0.2) is 54.6 Å². The molecule has 0 aliphatic carbocycles. The normalized spacial score (nSPS) is 13.1. The molecule has 2 aromatic carbocycles. The number of phenols is 1. The van der Waals surface area contributed by atoms with Crippen LogP contribution in [0.2, 0.25) is 0 Å². The van der Waals surface area contributed by atoms with Gasteiger partial charge in [0.2, 0.25) is 23.6 Å². The van der Waals surface area contributed by atoms with Gasteiger partial charge < -0.3 is 37.8 Å². The molecule has 0 aliphatic rings. The molecule has 12 heteroatoms. The number of carbonyl (C=O) groups is 4. The molecule has 0 heterocycles. The van der Waals surface area contributed by atoms with E-state index in [-0.39, 0.29) is 31.3 Å². The van der Waals surface area contributed by atoms with E-state index in [0.717, 1.165) is 11.1 Å². The van der Waals surface area contributed by atoms with Crippen LogP contribution in [-0.2, 0) is 32.0 Å². The lowest BCUT2D eigenvalue weighted by Gasteiger charge is -2.22. The monoisotopic (exact) mass is 558 g/mol. The SMILES string of the molecule is CSCC[C@H](NC(=O)[C@H](Cc1ccccc1)NC(=O)CNC(=O)CNCC(N)Cc1ccc(O)cc1)C(N)=O. The molecule has 0 spiro atoms. The number of nitrogens with two attached hydrogens (primary N) is 2. The molecule has 2 rings (SSSR count). The summed E-state index contributed by atoms with van der Waals surface area (Å²) < 4.78 is 0. The van der Waals surface area contributed by atoms with Crippen LogP contribution in [0.25, 0.3) is 0 Å². The lowest BCUT2D eigenvalue weighted by atomic mass is 10.0. The van der Waals surface area contributed by atoms with E-state index in [1.54, 1.807) is 24.3 Å². The Bertz CT molecular complexity index is 1070. The number of hydrogen-bond acceptors (Lipinski definition) is 8. The minimum absolute atomic E-state index is 0.0414. The van der Waals surface area contributed by atoms with E-state index in [2.05, 4.69) is 21.3 Å². The van der Waals surface area contributed by atoms with Crippen LogP contribution in [-0.4, -0.2) is 78.5 Å². The van der Waals surface area contributed by atoms with E-state index < -0.39 is 35.7 Å². The second-order valence-corrected chi connectivity index (χ2v) is 10.1. The first-order valence-corrected chi connectivity index (χ1v) is 14.0. The van der Waals surface area contributed by atoms with E-state index in [9.17, 15) is 24.3 Å². The van der Waals surface area contributed by atoms with Gasteiger partial charge in [-0.05, 0) is 48.1 Å². The molecular weight excluding hydrogens is 520 g/mol. The van der Waals surface area contributed by atoms with Gasteiger partial charge in [-0.3, -0.25) is 19.2 Å². The van der Waals surface area contributed by atoms with Gasteiger partial charge in [-0.15, -0.1) is 0 Å². The molecule has 11 nitrogen and oxygen atoms in total. The van der Waals surface area contributed by atoms with Crippen LogP contribution in [0.3, 0.4) is 0 Å². The molecule has 0 radical (unpaired) electrons. The Kier molecular flexibility index (Phi) is 13.8. The van der Waals surface area contributed by atoms with Gasteiger partial charge >= 0.3 is 0 Å². The fraction of sp³-hybridized carbons (Fsp3) is 0.407. The second-order valence-electron chi connectivity index (χ2n) is 9.09. The summed E-state index contributed by atoms with van der Waals surface area (Å²) in [6.45, 7) is 0.00195. The third-order valence-corrected chi connectivity index (χ3v) is 6.42. The predicted octanol–water partition coefficient (Wildman–Crippen LogP) is -0.581. The topological polar surface area (TPSA) is 189 Å². The zero-order valence-corrected chi connectivity index (χ0v) is 22.8. The van der Waals surface area contributed by atoms with Crippen LogP contribution in [0, 0.1) is 0 Å². The molecule has 4 amide bonds. The predicted molar refractivity (Wildman–Crippen MR) is 152 cm³/mol. The van der Waals surface area contributed by atoms with Gasteiger partial charge in [0.05, 0.1) is 13.1 Å². The van der Waals surface area contributed by atoms with Crippen molar-refractivity contribution < 1.29 is 24.3 Å². The zero-order valence-electron chi connectivity index (χ0n) is 22.0. The van der Waals surface area contributed by atoms with Gasteiger partial charge in [0, 0.05) is 19.0 Å². The summed E-state index contributed by atoms with van der Waals surface area (Å²) in [5.41, 5.74) is 13.3. The Morgan fingerprint density at radius 1 is 0.872 bits per heavy atom. The van der Waals surface area contributed by atoms with Crippen molar-refractivity contribution >= 4 is 35.4 Å². The standard InChI is InChI=1S/C27H38N6O5S/c1-39-12-11-22(26(29)37)33-27(38)23(14-18-5-3-2-4-6-18)32-25(36)17-31-24(35)16-30-15-20(28)13-19-7-9-21(34)10-8-19/h2-10,20,22-23,30,34H,11-17,28H2,1H3,(H2,29,37)(H,31,35)(H,32,36)(H,33,38)/t20?,22-,23-/m0/s1. The lowest BCUT2D eigenvalue weighted by Crippen LogP contribution is -2.55. The van der Waals surface area contributed by atoms with Crippen molar-refractivity contribution in [3.63, 3.8) is 0 Å². The van der Waals surface area contributed by atoms with Crippen molar-refractivity contribution in [1.29, 1.82) is 0 Å². The van der Waals surface area contributed by atoms with E-state index in [4.69, 9.17) is 11.5 Å².